The number of rotatable bonds is 3. The Bertz CT molecular complexity index is 512. The van der Waals surface area contributed by atoms with Crippen molar-refractivity contribution in [1.82, 2.24) is 4.98 Å². The summed E-state index contributed by atoms with van der Waals surface area (Å²) in [5, 5.41) is 3.11. The molecule has 0 bridgehead atoms. The van der Waals surface area contributed by atoms with E-state index in [4.69, 9.17) is 10.5 Å². The summed E-state index contributed by atoms with van der Waals surface area (Å²) < 4.78 is 5.78. The Morgan fingerprint density at radius 2 is 2.33 bits per heavy atom. The van der Waals surface area contributed by atoms with E-state index in [9.17, 15) is 0 Å². The molecule has 0 aliphatic carbocycles. The Hall–Kier alpha value is -1.39. The van der Waals surface area contributed by atoms with Gasteiger partial charge in [0.25, 0.3) is 0 Å². The second-order valence-corrected chi connectivity index (χ2v) is 5.66. The average Bonchev–Trinajstić information content (AvgIpc) is 2.91. The number of nitrogens with zero attached hydrogens (tertiary/aromatic N) is 1. The molecule has 94 valence electrons. The molecular formula is C14H16N2OS. The van der Waals surface area contributed by atoms with Gasteiger partial charge < -0.3 is 10.5 Å². The van der Waals surface area contributed by atoms with Crippen LogP contribution in [0, 0.1) is 5.92 Å². The zero-order valence-electron chi connectivity index (χ0n) is 10.1. The standard InChI is InChI=1S/C14H16N2OS/c15-12(8-14-16-5-6-18-14)11-7-10-3-1-2-4-13(10)17-9-11/h1-6,11-12H,7-9,15H2. The lowest BCUT2D eigenvalue weighted by Crippen LogP contribution is -2.39. The fourth-order valence-corrected chi connectivity index (χ4v) is 3.04. The van der Waals surface area contributed by atoms with Crippen LogP contribution in [0.15, 0.2) is 35.8 Å². The number of thiazole rings is 1. The summed E-state index contributed by atoms with van der Waals surface area (Å²) in [6.45, 7) is 0.712. The second kappa shape index (κ2) is 5.08. The summed E-state index contributed by atoms with van der Waals surface area (Å²) >= 11 is 1.67. The van der Waals surface area contributed by atoms with E-state index in [2.05, 4.69) is 17.1 Å². The average molecular weight is 260 g/mol. The Morgan fingerprint density at radius 3 is 3.17 bits per heavy atom. The Morgan fingerprint density at radius 1 is 1.44 bits per heavy atom. The van der Waals surface area contributed by atoms with Crippen LogP contribution >= 0.6 is 11.3 Å². The van der Waals surface area contributed by atoms with Crippen molar-refractivity contribution in [3.63, 3.8) is 0 Å². The van der Waals surface area contributed by atoms with Crippen molar-refractivity contribution in [2.45, 2.75) is 18.9 Å². The summed E-state index contributed by atoms with van der Waals surface area (Å²) in [5.74, 6) is 1.39. The van der Waals surface area contributed by atoms with Crippen molar-refractivity contribution in [1.29, 1.82) is 0 Å². The van der Waals surface area contributed by atoms with Crippen LogP contribution in [0.4, 0.5) is 0 Å². The molecule has 3 rings (SSSR count). The molecule has 2 heterocycles. The molecule has 2 aromatic rings. The van der Waals surface area contributed by atoms with Crippen LogP contribution in [0.2, 0.25) is 0 Å². The maximum atomic E-state index is 6.28. The number of benzene rings is 1. The summed E-state index contributed by atoms with van der Waals surface area (Å²) in [7, 11) is 0. The van der Waals surface area contributed by atoms with E-state index in [0.717, 1.165) is 23.6 Å². The summed E-state index contributed by atoms with van der Waals surface area (Å²) in [6.07, 6.45) is 3.68. The van der Waals surface area contributed by atoms with Gasteiger partial charge in [-0.05, 0) is 18.1 Å². The highest BCUT2D eigenvalue weighted by Crippen LogP contribution is 2.28. The van der Waals surface area contributed by atoms with E-state index in [-0.39, 0.29) is 6.04 Å². The minimum atomic E-state index is 0.115. The van der Waals surface area contributed by atoms with Crippen molar-refractivity contribution < 1.29 is 4.74 Å². The maximum absolute atomic E-state index is 6.28. The smallest absolute Gasteiger partial charge is 0.122 e. The van der Waals surface area contributed by atoms with Gasteiger partial charge in [0.1, 0.15) is 5.75 Å². The normalized spacial score (nSPS) is 19.9. The number of aromatic nitrogens is 1. The molecule has 3 nitrogen and oxygen atoms in total. The van der Waals surface area contributed by atoms with Crippen LogP contribution in [0.3, 0.4) is 0 Å². The first-order valence-corrected chi connectivity index (χ1v) is 7.05. The predicted octanol–water partition coefficient (Wildman–Crippen LogP) is 2.26. The third kappa shape index (κ3) is 2.40. The van der Waals surface area contributed by atoms with Gasteiger partial charge in [0.05, 0.1) is 11.6 Å². The zero-order valence-corrected chi connectivity index (χ0v) is 10.9. The number of nitrogens with two attached hydrogens (primary N) is 1. The van der Waals surface area contributed by atoms with Crippen molar-refractivity contribution in [2.24, 2.45) is 11.7 Å². The van der Waals surface area contributed by atoms with Gasteiger partial charge in [-0.25, -0.2) is 4.98 Å². The van der Waals surface area contributed by atoms with Gasteiger partial charge in [-0.2, -0.15) is 0 Å². The zero-order chi connectivity index (χ0) is 12.4. The van der Waals surface area contributed by atoms with Crippen LogP contribution in [0.25, 0.3) is 0 Å². The van der Waals surface area contributed by atoms with Gasteiger partial charge in [0.15, 0.2) is 0 Å². The first kappa shape index (κ1) is 11.7. The molecule has 1 aromatic heterocycles. The lowest BCUT2D eigenvalue weighted by Gasteiger charge is -2.29. The van der Waals surface area contributed by atoms with E-state index in [1.165, 1.54) is 5.56 Å². The third-order valence-electron chi connectivity index (χ3n) is 3.41. The van der Waals surface area contributed by atoms with Crippen molar-refractivity contribution in [3.05, 3.63) is 46.4 Å². The third-order valence-corrected chi connectivity index (χ3v) is 4.21. The molecule has 1 aliphatic rings. The van der Waals surface area contributed by atoms with Gasteiger partial charge in [0.2, 0.25) is 0 Å². The Balaban J connectivity index is 1.68. The summed E-state index contributed by atoms with van der Waals surface area (Å²) in [5.41, 5.74) is 7.55. The molecule has 1 aromatic carbocycles. The monoisotopic (exact) mass is 260 g/mol. The number of hydrogen-bond acceptors (Lipinski definition) is 4. The van der Waals surface area contributed by atoms with Crippen molar-refractivity contribution in [3.8, 4) is 5.75 Å². The van der Waals surface area contributed by atoms with E-state index in [0.29, 0.717) is 12.5 Å². The van der Waals surface area contributed by atoms with Gasteiger partial charge in [-0.15, -0.1) is 11.3 Å². The van der Waals surface area contributed by atoms with Gasteiger partial charge in [0, 0.05) is 30.0 Å². The summed E-state index contributed by atoms with van der Waals surface area (Å²) in [4.78, 5) is 4.29. The molecular weight excluding hydrogens is 244 g/mol. The number of fused-ring (bicyclic) bond motifs is 1. The quantitative estimate of drug-likeness (QED) is 0.921. The lowest BCUT2D eigenvalue weighted by atomic mass is 9.89. The van der Waals surface area contributed by atoms with E-state index >= 15 is 0 Å². The van der Waals surface area contributed by atoms with Gasteiger partial charge in [-0.3, -0.25) is 0 Å². The molecule has 1 aliphatic heterocycles. The molecule has 0 saturated carbocycles. The molecule has 4 heteroatoms. The molecule has 2 N–H and O–H groups in total. The highest BCUT2D eigenvalue weighted by molar-refractivity contribution is 7.09. The largest absolute Gasteiger partial charge is 0.493 e. The Kier molecular flexibility index (Phi) is 3.30. The van der Waals surface area contributed by atoms with E-state index < -0.39 is 0 Å². The van der Waals surface area contributed by atoms with Crippen molar-refractivity contribution >= 4 is 11.3 Å². The van der Waals surface area contributed by atoms with E-state index in [1.54, 1.807) is 11.3 Å². The highest BCUT2D eigenvalue weighted by Gasteiger charge is 2.25. The SMILES string of the molecule is NC(Cc1nccs1)C1COc2ccccc2C1. The molecule has 0 saturated heterocycles. The first-order chi connectivity index (χ1) is 8.83. The number of para-hydroxylation sites is 1. The fourth-order valence-electron chi connectivity index (χ4n) is 2.35. The van der Waals surface area contributed by atoms with Gasteiger partial charge >= 0.3 is 0 Å². The summed E-state index contributed by atoms with van der Waals surface area (Å²) in [6, 6.07) is 8.32. The van der Waals surface area contributed by atoms with Crippen LogP contribution in [0.1, 0.15) is 10.6 Å². The van der Waals surface area contributed by atoms with Crippen LogP contribution in [0.5, 0.6) is 5.75 Å². The molecule has 0 radical (unpaired) electrons. The molecule has 0 fully saturated rings. The minimum absolute atomic E-state index is 0.115. The molecule has 18 heavy (non-hydrogen) atoms. The molecule has 0 amide bonds. The van der Waals surface area contributed by atoms with E-state index in [1.807, 2.05) is 23.7 Å². The van der Waals surface area contributed by atoms with Gasteiger partial charge in [-0.1, -0.05) is 18.2 Å². The highest BCUT2D eigenvalue weighted by atomic mass is 32.1. The Labute approximate surface area is 111 Å². The topological polar surface area (TPSA) is 48.1 Å². The maximum Gasteiger partial charge on any atom is 0.122 e. The number of hydrogen-bond donors (Lipinski definition) is 1. The molecule has 2 atom stereocenters. The number of ether oxygens (including phenoxy) is 1. The second-order valence-electron chi connectivity index (χ2n) is 4.68. The van der Waals surface area contributed by atoms with Crippen molar-refractivity contribution in [2.75, 3.05) is 6.61 Å². The fraction of sp³-hybridized carbons (Fsp3) is 0.357. The minimum Gasteiger partial charge on any atom is -0.493 e. The molecule has 2 unspecified atom stereocenters. The van der Waals surface area contributed by atoms with Crippen LogP contribution in [-0.4, -0.2) is 17.6 Å². The molecule has 0 spiro atoms. The van der Waals surface area contributed by atoms with Crippen LogP contribution < -0.4 is 10.5 Å². The first-order valence-electron chi connectivity index (χ1n) is 6.17. The van der Waals surface area contributed by atoms with Crippen LogP contribution in [-0.2, 0) is 12.8 Å². The predicted molar refractivity (Wildman–Crippen MR) is 72.9 cm³/mol. The lowest BCUT2D eigenvalue weighted by molar-refractivity contribution is 0.199.